The Morgan fingerprint density at radius 1 is 1.07 bits per heavy atom. The molecule has 0 saturated heterocycles. The molecule has 5 heteroatoms. The predicted molar refractivity (Wildman–Crippen MR) is 109 cm³/mol. The monoisotopic (exact) mass is 391 g/mol. The van der Waals surface area contributed by atoms with Crippen LogP contribution in [-0.4, -0.2) is 23.7 Å². The van der Waals surface area contributed by atoms with Gasteiger partial charge in [-0.2, -0.15) is 0 Å². The maximum absolute atomic E-state index is 14.1. The van der Waals surface area contributed by atoms with Gasteiger partial charge in [0.15, 0.2) is 0 Å². The van der Waals surface area contributed by atoms with E-state index in [0.717, 1.165) is 22.1 Å². The SMILES string of the molecule is CCCC(F)(F)[C@H]1CC[C@H](Oc2ccc3cc([C@@](C)(N)CO)ccc3c2)CC1. The Balaban J connectivity index is 1.65. The van der Waals surface area contributed by atoms with Crippen molar-refractivity contribution in [2.24, 2.45) is 11.7 Å². The first-order chi connectivity index (χ1) is 13.2. The van der Waals surface area contributed by atoms with E-state index in [1.54, 1.807) is 6.92 Å². The van der Waals surface area contributed by atoms with Gasteiger partial charge in [-0.15, -0.1) is 0 Å². The minimum Gasteiger partial charge on any atom is -0.490 e. The topological polar surface area (TPSA) is 55.5 Å². The van der Waals surface area contributed by atoms with E-state index in [9.17, 15) is 13.9 Å². The number of aliphatic hydroxyl groups is 1. The van der Waals surface area contributed by atoms with E-state index in [1.807, 2.05) is 43.3 Å². The van der Waals surface area contributed by atoms with Crippen molar-refractivity contribution in [3.8, 4) is 5.75 Å². The number of halogens is 2. The summed E-state index contributed by atoms with van der Waals surface area (Å²) in [6, 6.07) is 11.7. The van der Waals surface area contributed by atoms with Gasteiger partial charge in [-0.1, -0.05) is 31.5 Å². The van der Waals surface area contributed by atoms with Gasteiger partial charge in [0.2, 0.25) is 0 Å². The molecule has 0 heterocycles. The van der Waals surface area contributed by atoms with Gasteiger partial charge in [0.1, 0.15) is 5.75 Å². The van der Waals surface area contributed by atoms with Gasteiger partial charge in [-0.3, -0.25) is 0 Å². The third kappa shape index (κ3) is 4.64. The second-order valence-electron chi connectivity index (χ2n) is 8.40. The second kappa shape index (κ2) is 8.34. The average Bonchev–Trinajstić information content (AvgIpc) is 2.68. The smallest absolute Gasteiger partial charge is 0.250 e. The van der Waals surface area contributed by atoms with E-state index < -0.39 is 17.4 Å². The van der Waals surface area contributed by atoms with Crippen LogP contribution in [0.2, 0.25) is 0 Å². The Hall–Kier alpha value is -1.72. The number of benzene rings is 2. The lowest BCUT2D eigenvalue weighted by Crippen LogP contribution is -2.36. The lowest BCUT2D eigenvalue weighted by atomic mass is 9.82. The van der Waals surface area contributed by atoms with Gasteiger partial charge in [0.05, 0.1) is 18.2 Å². The van der Waals surface area contributed by atoms with Crippen LogP contribution in [0.15, 0.2) is 36.4 Å². The number of fused-ring (bicyclic) bond motifs is 1. The summed E-state index contributed by atoms with van der Waals surface area (Å²) < 4.78 is 34.3. The molecule has 1 aliphatic carbocycles. The number of alkyl halides is 2. The summed E-state index contributed by atoms with van der Waals surface area (Å²) >= 11 is 0. The Labute approximate surface area is 165 Å². The van der Waals surface area contributed by atoms with E-state index in [2.05, 4.69) is 0 Å². The summed E-state index contributed by atoms with van der Waals surface area (Å²) in [5.74, 6) is -2.30. The Morgan fingerprint density at radius 3 is 2.36 bits per heavy atom. The van der Waals surface area contributed by atoms with Gasteiger partial charge >= 0.3 is 0 Å². The molecule has 28 heavy (non-hydrogen) atoms. The molecule has 1 aliphatic rings. The number of rotatable bonds is 7. The zero-order valence-electron chi connectivity index (χ0n) is 16.8. The molecule has 0 bridgehead atoms. The largest absolute Gasteiger partial charge is 0.490 e. The summed E-state index contributed by atoms with van der Waals surface area (Å²) in [4.78, 5) is 0. The summed E-state index contributed by atoms with van der Waals surface area (Å²) in [5.41, 5.74) is 6.22. The molecule has 0 radical (unpaired) electrons. The molecular weight excluding hydrogens is 360 g/mol. The maximum Gasteiger partial charge on any atom is 0.250 e. The van der Waals surface area contributed by atoms with Crippen LogP contribution >= 0.6 is 0 Å². The highest BCUT2D eigenvalue weighted by Gasteiger charge is 2.40. The lowest BCUT2D eigenvalue weighted by molar-refractivity contribution is -0.0858. The van der Waals surface area contributed by atoms with Crippen molar-refractivity contribution in [1.29, 1.82) is 0 Å². The molecule has 2 aromatic carbocycles. The normalized spacial score (nSPS) is 22.8. The first-order valence-electron chi connectivity index (χ1n) is 10.2. The molecule has 0 unspecified atom stereocenters. The van der Waals surface area contributed by atoms with E-state index in [1.165, 1.54) is 0 Å². The fourth-order valence-corrected chi connectivity index (χ4v) is 4.08. The molecule has 1 atom stereocenters. The first kappa shape index (κ1) is 21.0. The zero-order valence-corrected chi connectivity index (χ0v) is 16.8. The maximum atomic E-state index is 14.1. The molecule has 1 fully saturated rings. The summed E-state index contributed by atoms with van der Waals surface area (Å²) in [7, 11) is 0. The van der Waals surface area contributed by atoms with Crippen LogP contribution in [0.5, 0.6) is 5.75 Å². The molecule has 154 valence electrons. The zero-order chi connectivity index (χ0) is 20.4. The predicted octanol–water partition coefficient (Wildman–Crippen LogP) is 5.38. The highest BCUT2D eigenvalue weighted by Crippen LogP contribution is 2.40. The Bertz CT molecular complexity index is 798. The molecule has 2 aromatic rings. The summed E-state index contributed by atoms with van der Waals surface area (Å²) in [5, 5.41) is 11.5. The van der Waals surface area contributed by atoms with Crippen molar-refractivity contribution in [1.82, 2.24) is 0 Å². The van der Waals surface area contributed by atoms with Crippen LogP contribution in [0, 0.1) is 5.92 Å². The van der Waals surface area contributed by atoms with Crippen LogP contribution in [0.25, 0.3) is 10.8 Å². The van der Waals surface area contributed by atoms with E-state index in [0.29, 0.717) is 32.1 Å². The molecular formula is C23H31F2NO2. The van der Waals surface area contributed by atoms with Gasteiger partial charge in [0, 0.05) is 12.3 Å². The number of hydrogen-bond acceptors (Lipinski definition) is 3. The van der Waals surface area contributed by atoms with Crippen LogP contribution in [0.4, 0.5) is 8.78 Å². The van der Waals surface area contributed by atoms with Crippen molar-refractivity contribution in [3.63, 3.8) is 0 Å². The van der Waals surface area contributed by atoms with Crippen LogP contribution in [-0.2, 0) is 5.54 Å². The van der Waals surface area contributed by atoms with Crippen LogP contribution in [0.3, 0.4) is 0 Å². The Kier molecular flexibility index (Phi) is 6.25. The fraction of sp³-hybridized carbons (Fsp3) is 0.565. The molecule has 0 spiro atoms. The van der Waals surface area contributed by atoms with Crippen molar-refractivity contribution in [2.45, 2.75) is 69.9 Å². The van der Waals surface area contributed by atoms with E-state index in [4.69, 9.17) is 10.5 Å². The van der Waals surface area contributed by atoms with E-state index >= 15 is 0 Å². The van der Waals surface area contributed by atoms with Gasteiger partial charge in [-0.05, 0) is 67.1 Å². The standard InChI is InChI=1S/C23H31F2NO2/c1-3-12-23(24,25)18-7-10-20(11-8-18)28-21-9-5-16-13-19(22(2,26)15-27)6-4-17(16)14-21/h4-6,9,13-14,18,20,27H,3,7-8,10-12,15,26H2,1-2H3/t18-,20-,22-/m0/s1. The molecule has 1 saturated carbocycles. The van der Waals surface area contributed by atoms with Gasteiger partial charge < -0.3 is 15.6 Å². The van der Waals surface area contributed by atoms with Crippen molar-refractivity contribution in [2.75, 3.05) is 6.61 Å². The molecule has 0 amide bonds. The van der Waals surface area contributed by atoms with Gasteiger partial charge in [0.25, 0.3) is 5.92 Å². The lowest BCUT2D eigenvalue weighted by Gasteiger charge is -2.33. The molecule has 3 N–H and O–H groups in total. The first-order valence-corrected chi connectivity index (χ1v) is 10.2. The highest BCUT2D eigenvalue weighted by atomic mass is 19.3. The third-order valence-electron chi connectivity index (χ3n) is 5.96. The quantitative estimate of drug-likeness (QED) is 0.666. The van der Waals surface area contributed by atoms with Crippen molar-refractivity contribution < 1.29 is 18.6 Å². The number of aliphatic hydroxyl groups excluding tert-OH is 1. The minimum absolute atomic E-state index is 0.00729. The summed E-state index contributed by atoms with van der Waals surface area (Å²) in [6.45, 7) is 3.48. The van der Waals surface area contributed by atoms with Crippen LogP contribution < -0.4 is 10.5 Å². The Morgan fingerprint density at radius 2 is 1.71 bits per heavy atom. The highest BCUT2D eigenvalue weighted by molar-refractivity contribution is 5.84. The second-order valence-corrected chi connectivity index (χ2v) is 8.40. The molecule has 3 nitrogen and oxygen atoms in total. The van der Waals surface area contributed by atoms with Crippen molar-refractivity contribution >= 4 is 10.8 Å². The summed E-state index contributed by atoms with van der Waals surface area (Å²) in [6.07, 6.45) is 2.87. The van der Waals surface area contributed by atoms with Crippen molar-refractivity contribution in [3.05, 3.63) is 42.0 Å². The number of hydrogen-bond donors (Lipinski definition) is 2. The number of nitrogens with two attached hydrogens (primary N) is 1. The number of ether oxygens (including phenoxy) is 1. The molecule has 0 aromatic heterocycles. The molecule has 0 aliphatic heterocycles. The average molecular weight is 392 g/mol. The minimum atomic E-state index is -2.55. The molecule has 3 rings (SSSR count). The van der Waals surface area contributed by atoms with Crippen LogP contribution in [0.1, 0.15) is 57.9 Å². The van der Waals surface area contributed by atoms with E-state index in [-0.39, 0.29) is 19.1 Å². The van der Waals surface area contributed by atoms with Gasteiger partial charge in [-0.25, -0.2) is 8.78 Å². The third-order valence-corrected chi connectivity index (χ3v) is 5.96. The fourth-order valence-electron chi connectivity index (χ4n) is 4.08.